The molecule has 1 aromatic carbocycles. The molecule has 1 aromatic heterocycles. The van der Waals surface area contributed by atoms with Gasteiger partial charge in [0.15, 0.2) is 0 Å². The van der Waals surface area contributed by atoms with E-state index < -0.39 is 17.9 Å². The fraction of sp³-hybridized carbons (Fsp3) is 0.375. The molecule has 0 saturated carbocycles. The molecule has 2 rings (SSSR count). The Bertz CT molecular complexity index is 701. The normalized spacial score (nSPS) is 12.6. The molecule has 0 aliphatic heterocycles. The minimum absolute atomic E-state index is 0.181. The van der Waals surface area contributed by atoms with Gasteiger partial charge in [-0.1, -0.05) is 19.9 Å². The number of carboxylic acids is 1. The number of H-pyrrole nitrogens is 1. The van der Waals surface area contributed by atoms with Crippen LogP contribution in [-0.4, -0.2) is 28.0 Å². The summed E-state index contributed by atoms with van der Waals surface area (Å²) in [5.74, 6) is -1.61. The lowest BCUT2D eigenvalue weighted by molar-refractivity contribution is -0.140. The molecule has 1 amide bonds. The van der Waals surface area contributed by atoms with E-state index in [9.17, 15) is 9.59 Å². The average molecular weight is 288 g/mol. The molecule has 0 fully saturated rings. The number of hydrogen-bond acceptors (Lipinski definition) is 2. The summed E-state index contributed by atoms with van der Waals surface area (Å²) in [5.41, 5.74) is 3.46. The molecule has 112 valence electrons. The highest BCUT2D eigenvalue weighted by atomic mass is 16.4. The fourth-order valence-corrected chi connectivity index (χ4v) is 2.45. The largest absolute Gasteiger partial charge is 0.480 e. The van der Waals surface area contributed by atoms with Gasteiger partial charge in [0.1, 0.15) is 11.7 Å². The highest BCUT2D eigenvalue weighted by Crippen LogP contribution is 2.21. The van der Waals surface area contributed by atoms with Crippen LogP contribution in [0.5, 0.6) is 0 Å². The van der Waals surface area contributed by atoms with Crippen LogP contribution in [0.3, 0.4) is 0 Å². The number of aromatic amines is 1. The molecule has 1 unspecified atom stereocenters. The predicted molar refractivity (Wildman–Crippen MR) is 81.5 cm³/mol. The van der Waals surface area contributed by atoms with E-state index in [1.54, 1.807) is 19.9 Å². The summed E-state index contributed by atoms with van der Waals surface area (Å²) in [6.45, 7) is 7.50. The summed E-state index contributed by atoms with van der Waals surface area (Å²) < 4.78 is 0. The Labute approximate surface area is 123 Å². The molecule has 1 heterocycles. The van der Waals surface area contributed by atoms with Gasteiger partial charge in [0.05, 0.1) is 0 Å². The maximum Gasteiger partial charge on any atom is 0.326 e. The van der Waals surface area contributed by atoms with E-state index in [4.69, 9.17) is 5.11 Å². The number of carboxylic acid groups (broad SMARTS) is 1. The number of fused-ring (bicyclic) bond motifs is 1. The van der Waals surface area contributed by atoms with Gasteiger partial charge in [-0.3, -0.25) is 4.79 Å². The number of aromatic nitrogens is 1. The standard InChI is InChI=1S/C16H20N2O3/c1-8(2)14(16(20)21)18-15(19)13-7-11-10(4)5-9(3)6-12(11)17-13/h5-8,14,17H,1-4H3,(H,18,19)(H,20,21). The van der Waals surface area contributed by atoms with Crippen LogP contribution in [0.2, 0.25) is 0 Å². The van der Waals surface area contributed by atoms with E-state index in [-0.39, 0.29) is 5.92 Å². The van der Waals surface area contributed by atoms with Crippen LogP contribution < -0.4 is 5.32 Å². The van der Waals surface area contributed by atoms with E-state index in [0.717, 1.165) is 22.0 Å². The van der Waals surface area contributed by atoms with Crippen molar-refractivity contribution in [1.82, 2.24) is 10.3 Å². The summed E-state index contributed by atoms with van der Waals surface area (Å²) >= 11 is 0. The summed E-state index contributed by atoms with van der Waals surface area (Å²) in [6.07, 6.45) is 0. The van der Waals surface area contributed by atoms with Gasteiger partial charge in [0.2, 0.25) is 0 Å². The molecule has 0 aliphatic carbocycles. The van der Waals surface area contributed by atoms with Crippen LogP contribution in [-0.2, 0) is 4.79 Å². The first kappa shape index (κ1) is 15.1. The van der Waals surface area contributed by atoms with Gasteiger partial charge in [-0.25, -0.2) is 4.79 Å². The molecule has 0 spiro atoms. The van der Waals surface area contributed by atoms with Crippen molar-refractivity contribution in [3.63, 3.8) is 0 Å². The first-order valence-corrected chi connectivity index (χ1v) is 6.93. The predicted octanol–water partition coefficient (Wildman–Crippen LogP) is 2.62. The Hall–Kier alpha value is -2.30. The summed E-state index contributed by atoms with van der Waals surface area (Å²) in [5, 5.41) is 12.7. The quantitative estimate of drug-likeness (QED) is 0.808. The summed E-state index contributed by atoms with van der Waals surface area (Å²) in [4.78, 5) is 26.4. The van der Waals surface area contributed by atoms with Gasteiger partial charge in [0.25, 0.3) is 5.91 Å². The highest BCUT2D eigenvalue weighted by Gasteiger charge is 2.24. The van der Waals surface area contributed by atoms with E-state index in [0.29, 0.717) is 5.69 Å². The molecule has 0 aliphatic rings. The van der Waals surface area contributed by atoms with Gasteiger partial charge >= 0.3 is 5.97 Å². The zero-order valence-electron chi connectivity index (χ0n) is 12.7. The molecular formula is C16H20N2O3. The molecule has 0 saturated heterocycles. The van der Waals surface area contributed by atoms with E-state index in [1.165, 1.54) is 0 Å². The molecule has 5 heteroatoms. The van der Waals surface area contributed by atoms with Crippen molar-refractivity contribution in [2.75, 3.05) is 0 Å². The molecule has 0 bridgehead atoms. The lowest BCUT2D eigenvalue weighted by atomic mass is 10.0. The number of rotatable bonds is 4. The SMILES string of the molecule is Cc1cc(C)c2cc(C(=O)NC(C(=O)O)C(C)C)[nH]c2c1. The zero-order chi connectivity index (χ0) is 15.7. The Kier molecular flexibility index (Phi) is 4.02. The zero-order valence-corrected chi connectivity index (χ0v) is 12.7. The molecule has 3 N–H and O–H groups in total. The Morgan fingerprint density at radius 3 is 2.43 bits per heavy atom. The number of carbonyl (C=O) groups is 2. The van der Waals surface area contributed by atoms with Crippen molar-refractivity contribution in [1.29, 1.82) is 0 Å². The third kappa shape index (κ3) is 3.07. The smallest absolute Gasteiger partial charge is 0.326 e. The number of aryl methyl sites for hydroxylation is 2. The van der Waals surface area contributed by atoms with Crippen molar-refractivity contribution in [2.45, 2.75) is 33.7 Å². The second kappa shape index (κ2) is 5.60. The number of benzene rings is 1. The van der Waals surface area contributed by atoms with Crippen molar-refractivity contribution in [3.8, 4) is 0 Å². The molecule has 5 nitrogen and oxygen atoms in total. The lowest BCUT2D eigenvalue weighted by Crippen LogP contribution is -2.44. The van der Waals surface area contributed by atoms with Crippen LogP contribution in [0, 0.1) is 19.8 Å². The van der Waals surface area contributed by atoms with E-state index in [1.807, 2.05) is 26.0 Å². The number of carbonyl (C=O) groups excluding carboxylic acids is 1. The van der Waals surface area contributed by atoms with Crippen LogP contribution in [0.4, 0.5) is 0 Å². The minimum Gasteiger partial charge on any atom is -0.480 e. The number of hydrogen-bond donors (Lipinski definition) is 3. The first-order valence-electron chi connectivity index (χ1n) is 6.93. The molecule has 21 heavy (non-hydrogen) atoms. The van der Waals surface area contributed by atoms with Crippen molar-refractivity contribution >= 4 is 22.8 Å². The van der Waals surface area contributed by atoms with E-state index in [2.05, 4.69) is 10.3 Å². The highest BCUT2D eigenvalue weighted by molar-refractivity contribution is 6.00. The van der Waals surface area contributed by atoms with E-state index >= 15 is 0 Å². The third-order valence-electron chi connectivity index (χ3n) is 3.55. The van der Waals surface area contributed by atoms with Crippen LogP contribution in [0.1, 0.15) is 35.5 Å². The Morgan fingerprint density at radius 2 is 1.86 bits per heavy atom. The second-order valence-electron chi connectivity index (χ2n) is 5.76. The Morgan fingerprint density at radius 1 is 1.19 bits per heavy atom. The number of aliphatic carboxylic acids is 1. The van der Waals surface area contributed by atoms with Crippen LogP contribution in [0.25, 0.3) is 10.9 Å². The van der Waals surface area contributed by atoms with Crippen molar-refractivity contribution in [2.24, 2.45) is 5.92 Å². The van der Waals surface area contributed by atoms with Crippen molar-refractivity contribution < 1.29 is 14.7 Å². The second-order valence-corrected chi connectivity index (χ2v) is 5.76. The van der Waals surface area contributed by atoms with Crippen LogP contribution in [0.15, 0.2) is 18.2 Å². The molecule has 2 aromatic rings. The topological polar surface area (TPSA) is 82.2 Å². The summed E-state index contributed by atoms with van der Waals surface area (Å²) in [6, 6.07) is 4.88. The fourth-order valence-electron chi connectivity index (χ4n) is 2.45. The average Bonchev–Trinajstić information content (AvgIpc) is 2.78. The summed E-state index contributed by atoms with van der Waals surface area (Å²) in [7, 11) is 0. The van der Waals surface area contributed by atoms with Gasteiger partial charge in [0, 0.05) is 10.9 Å². The van der Waals surface area contributed by atoms with Gasteiger partial charge in [-0.05, 0) is 43.0 Å². The van der Waals surface area contributed by atoms with Gasteiger partial charge < -0.3 is 15.4 Å². The maximum atomic E-state index is 12.2. The number of nitrogens with one attached hydrogen (secondary N) is 2. The van der Waals surface area contributed by atoms with Crippen molar-refractivity contribution in [3.05, 3.63) is 35.0 Å². The van der Waals surface area contributed by atoms with Gasteiger partial charge in [-0.15, -0.1) is 0 Å². The maximum absolute atomic E-state index is 12.2. The third-order valence-corrected chi connectivity index (χ3v) is 3.55. The Balaban J connectivity index is 2.31. The van der Waals surface area contributed by atoms with Crippen LogP contribution >= 0.6 is 0 Å². The van der Waals surface area contributed by atoms with Gasteiger partial charge in [-0.2, -0.15) is 0 Å². The molecule has 0 radical (unpaired) electrons. The molecular weight excluding hydrogens is 268 g/mol. The lowest BCUT2D eigenvalue weighted by Gasteiger charge is -2.17. The number of amides is 1. The first-order chi connectivity index (χ1) is 9.79. The monoisotopic (exact) mass is 288 g/mol. The molecule has 1 atom stereocenters. The minimum atomic E-state index is -1.03.